The van der Waals surface area contributed by atoms with Gasteiger partial charge in [-0.2, -0.15) is 0 Å². The Bertz CT molecular complexity index is 806. The van der Waals surface area contributed by atoms with Crippen LogP contribution >= 0.6 is 0 Å². The predicted molar refractivity (Wildman–Crippen MR) is 118 cm³/mol. The molecule has 0 unspecified atom stereocenters. The molecule has 0 atom stereocenters. The number of methoxy groups -OCH3 is 2. The van der Waals surface area contributed by atoms with Crippen LogP contribution < -0.4 is 19.5 Å². The molecule has 0 heterocycles. The fraction of sp³-hybridized carbons (Fsp3) is 0.458. The molecule has 6 nitrogen and oxygen atoms in total. The zero-order valence-electron chi connectivity index (χ0n) is 18.5. The second-order valence-electron chi connectivity index (χ2n) is 6.86. The molecule has 164 valence electrons. The maximum Gasteiger partial charge on any atom is 0.251 e. The van der Waals surface area contributed by atoms with E-state index in [0.29, 0.717) is 49.8 Å². The van der Waals surface area contributed by atoms with E-state index in [1.165, 1.54) is 0 Å². The summed E-state index contributed by atoms with van der Waals surface area (Å²) < 4.78 is 22.0. The van der Waals surface area contributed by atoms with Crippen LogP contribution in [0, 0.1) is 0 Å². The highest BCUT2D eigenvalue weighted by molar-refractivity contribution is 5.94. The van der Waals surface area contributed by atoms with Crippen molar-refractivity contribution in [3.63, 3.8) is 0 Å². The number of hydrogen-bond donors (Lipinski definition) is 1. The van der Waals surface area contributed by atoms with Crippen molar-refractivity contribution in [2.45, 2.75) is 39.7 Å². The molecular weight excluding hydrogens is 382 g/mol. The zero-order chi connectivity index (χ0) is 21.8. The first-order chi connectivity index (χ1) is 14.6. The smallest absolute Gasteiger partial charge is 0.251 e. The van der Waals surface area contributed by atoms with Crippen molar-refractivity contribution < 1.29 is 23.7 Å². The Morgan fingerprint density at radius 2 is 1.73 bits per heavy atom. The minimum absolute atomic E-state index is 0.117. The third-order valence-electron chi connectivity index (χ3n) is 4.67. The van der Waals surface area contributed by atoms with Crippen molar-refractivity contribution in [2.75, 3.05) is 34.0 Å². The number of hydrogen-bond acceptors (Lipinski definition) is 5. The van der Waals surface area contributed by atoms with E-state index in [0.717, 1.165) is 29.7 Å². The summed E-state index contributed by atoms with van der Waals surface area (Å²) in [5, 5.41) is 2.98. The second-order valence-corrected chi connectivity index (χ2v) is 6.86. The molecule has 2 aromatic rings. The Morgan fingerprint density at radius 1 is 0.967 bits per heavy atom. The van der Waals surface area contributed by atoms with E-state index in [1.54, 1.807) is 20.3 Å². The summed E-state index contributed by atoms with van der Waals surface area (Å²) in [4.78, 5) is 12.6. The van der Waals surface area contributed by atoms with Gasteiger partial charge in [0.05, 0.1) is 27.4 Å². The molecule has 0 aromatic heterocycles. The lowest BCUT2D eigenvalue weighted by atomic mass is 10.1. The van der Waals surface area contributed by atoms with E-state index in [4.69, 9.17) is 18.9 Å². The standard InChI is InChI=1S/C24H33NO5/c1-5-7-14-29-17-20-16-19(9-11-21(20)30-6-2)24(26)25-13-12-18-8-10-22(27-3)23(15-18)28-4/h8-11,15-16H,5-7,12-14,17H2,1-4H3,(H,25,26). The summed E-state index contributed by atoms with van der Waals surface area (Å²) in [6.45, 7) is 6.28. The first kappa shape index (κ1) is 23.5. The minimum Gasteiger partial charge on any atom is -0.494 e. The zero-order valence-corrected chi connectivity index (χ0v) is 18.5. The SMILES string of the molecule is CCCCOCc1cc(C(=O)NCCc2ccc(OC)c(OC)c2)ccc1OCC. The summed E-state index contributed by atoms with van der Waals surface area (Å²) in [6, 6.07) is 11.2. The fourth-order valence-electron chi connectivity index (χ4n) is 3.02. The Balaban J connectivity index is 1.97. The summed E-state index contributed by atoms with van der Waals surface area (Å²) >= 11 is 0. The van der Waals surface area contributed by atoms with Crippen LogP contribution in [-0.4, -0.2) is 39.9 Å². The highest BCUT2D eigenvalue weighted by Gasteiger charge is 2.11. The highest BCUT2D eigenvalue weighted by Crippen LogP contribution is 2.27. The number of unbranched alkanes of at least 4 members (excludes halogenated alkanes) is 1. The summed E-state index contributed by atoms with van der Waals surface area (Å²) in [5.74, 6) is 2.01. The Hall–Kier alpha value is -2.73. The van der Waals surface area contributed by atoms with E-state index in [1.807, 2.05) is 37.3 Å². The number of nitrogens with one attached hydrogen (secondary N) is 1. The normalized spacial score (nSPS) is 10.5. The third-order valence-corrected chi connectivity index (χ3v) is 4.67. The lowest BCUT2D eigenvalue weighted by Crippen LogP contribution is -2.25. The highest BCUT2D eigenvalue weighted by atomic mass is 16.5. The molecule has 0 aliphatic rings. The van der Waals surface area contributed by atoms with Gasteiger partial charge in [0.2, 0.25) is 0 Å². The Labute approximate surface area is 179 Å². The van der Waals surface area contributed by atoms with Gasteiger partial charge < -0.3 is 24.3 Å². The number of benzene rings is 2. The van der Waals surface area contributed by atoms with Gasteiger partial charge in [0, 0.05) is 24.3 Å². The number of carbonyl (C=O) groups is 1. The molecule has 2 rings (SSSR count). The topological polar surface area (TPSA) is 66.0 Å². The van der Waals surface area contributed by atoms with Crippen LogP contribution in [0.1, 0.15) is 48.2 Å². The molecule has 2 aromatic carbocycles. The molecule has 1 N–H and O–H groups in total. The van der Waals surface area contributed by atoms with Crippen molar-refractivity contribution in [1.29, 1.82) is 0 Å². The molecule has 0 bridgehead atoms. The molecule has 0 radical (unpaired) electrons. The van der Waals surface area contributed by atoms with Gasteiger partial charge in [-0.25, -0.2) is 0 Å². The fourth-order valence-corrected chi connectivity index (χ4v) is 3.02. The molecule has 6 heteroatoms. The Morgan fingerprint density at radius 3 is 2.43 bits per heavy atom. The minimum atomic E-state index is -0.117. The van der Waals surface area contributed by atoms with Crippen LogP contribution in [0.2, 0.25) is 0 Å². The lowest BCUT2D eigenvalue weighted by molar-refractivity contribution is 0.0953. The molecule has 0 fully saturated rings. The van der Waals surface area contributed by atoms with Crippen molar-refractivity contribution >= 4 is 5.91 Å². The molecular formula is C24H33NO5. The first-order valence-electron chi connectivity index (χ1n) is 10.4. The number of ether oxygens (including phenoxy) is 4. The third kappa shape index (κ3) is 6.95. The molecule has 30 heavy (non-hydrogen) atoms. The molecule has 0 saturated carbocycles. The maximum atomic E-state index is 12.6. The van der Waals surface area contributed by atoms with Gasteiger partial charge in [-0.3, -0.25) is 4.79 Å². The van der Waals surface area contributed by atoms with Crippen LogP contribution in [0.25, 0.3) is 0 Å². The van der Waals surface area contributed by atoms with Crippen molar-refractivity contribution in [2.24, 2.45) is 0 Å². The van der Waals surface area contributed by atoms with Crippen LogP contribution in [0.4, 0.5) is 0 Å². The van der Waals surface area contributed by atoms with Crippen LogP contribution in [0.5, 0.6) is 17.2 Å². The van der Waals surface area contributed by atoms with Crippen molar-refractivity contribution in [3.05, 3.63) is 53.1 Å². The second kappa shape index (κ2) is 12.8. The van der Waals surface area contributed by atoms with Gasteiger partial charge in [-0.15, -0.1) is 0 Å². The first-order valence-corrected chi connectivity index (χ1v) is 10.4. The van der Waals surface area contributed by atoms with E-state index in [-0.39, 0.29) is 5.91 Å². The monoisotopic (exact) mass is 415 g/mol. The number of rotatable bonds is 13. The number of carbonyl (C=O) groups excluding carboxylic acids is 1. The molecule has 0 aliphatic carbocycles. The lowest BCUT2D eigenvalue weighted by Gasteiger charge is -2.13. The van der Waals surface area contributed by atoms with Gasteiger partial charge in [0.15, 0.2) is 11.5 Å². The van der Waals surface area contributed by atoms with Crippen LogP contribution in [0.15, 0.2) is 36.4 Å². The van der Waals surface area contributed by atoms with Gasteiger partial charge >= 0.3 is 0 Å². The number of amides is 1. The van der Waals surface area contributed by atoms with Gasteiger partial charge in [0.1, 0.15) is 5.75 Å². The molecule has 1 amide bonds. The van der Waals surface area contributed by atoms with E-state index in [2.05, 4.69) is 12.2 Å². The average molecular weight is 416 g/mol. The Kier molecular flexibility index (Phi) is 10.0. The van der Waals surface area contributed by atoms with E-state index >= 15 is 0 Å². The quantitative estimate of drug-likeness (QED) is 0.492. The largest absolute Gasteiger partial charge is 0.494 e. The summed E-state index contributed by atoms with van der Waals surface area (Å²) in [6.07, 6.45) is 2.79. The summed E-state index contributed by atoms with van der Waals surface area (Å²) in [5.41, 5.74) is 2.55. The van der Waals surface area contributed by atoms with Gasteiger partial charge in [-0.05, 0) is 55.7 Å². The van der Waals surface area contributed by atoms with Gasteiger partial charge in [-0.1, -0.05) is 19.4 Å². The molecule has 0 saturated heterocycles. The van der Waals surface area contributed by atoms with Crippen LogP contribution in [0.3, 0.4) is 0 Å². The predicted octanol–water partition coefficient (Wildman–Crippen LogP) is 4.39. The van der Waals surface area contributed by atoms with Crippen molar-refractivity contribution in [3.8, 4) is 17.2 Å². The molecule has 0 aliphatic heterocycles. The molecule has 0 spiro atoms. The maximum absolute atomic E-state index is 12.6. The van der Waals surface area contributed by atoms with E-state index in [9.17, 15) is 4.79 Å². The van der Waals surface area contributed by atoms with E-state index < -0.39 is 0 Å². The van der Waals surface area contributed by atoms with Gasteiger partial charge in [0.25, 0.3) is 5.91 Å². The average Bonchev–Trinajstić information content (AvgIpc) is 2.77. The summed E-state index contributed by atoms with van der Waals surface area (Å²) in [7, 11) is 3.22. The van der Waals surface area contributed by atoms with Crippen molar-refractivity contribution in [1.82, 2.24) is 5.32 Å². The van der Waals surface area contributed by atoms with Crippen LogP contribution in [-0.2, 0) is 17.8 Å².